The molecule has 0 amide bonds. The summed E-state index contributed by atoms with van der Waals surface area (Å²) >= 11 is 0. The molecular weight excluding hydrogens is 206 g/mol. The summed E-state index contributed by atoms with van der Waals surface area (Å²) in [6, 6.07) is -0.365. The molecule has 1 aliphatic carbocycles. The van der Waals surface area contributed by atoms with E-state index < -0.39 is 16.3 Å². The van der Waals surface area contributed by atoms with Gasteiger partial charge in [0.15, 0.2) is 6.29 Å². The Hall–Kier alpha value is -0.170. The molecule has 0 aliphatic heterocycles. The van der Waals surface area contributed by atoms with Crippen LogP contribution < -0.4 is 4.72 Å². The molecule has 1 atom stereocenters. The molecule has 1 fully saturated rings. The summed E-state index contributed by atoms with van der Waals surface area (Å²) in [4.78, 5) is 0. The average Bonchev–Trinajstić information content (AvgIpc) is 2.87. The molecule has 0 saturated heterocycles. The van der Waals surface area contributed by atoms with Crippen LogP contribution >= 0.6 is 0 Å². The van der Waals surface area contributed by atoms with Crippen molar-refractivity contribution in [3.63, 3.8) is 0 Å². The monoisotopic (exact) mass is 223 g/mol. The lowest BCUT2D eigenvalue weighted by Gasteiger charge is -2.21. The number of methoxy groups -OCH3 is 2. The fraction of sp³-hybridized carbons (Fsp3) is 1.00. The molecule has 1 rings (SSSR count). The maximum Gasteiger partial charge on any atom is 0.214 e. The smallest absolute Gasteiger partial charge is 0.214 e. The van der Waals surface area contributed by atoms with Crippen LogP contribution in [-0.2, 0) is 19.5 Å². The summed E-state index contributed by atoms with van der Waals surface area (Å²) in [5.74, 6) is 0. The van der Waals surface area contributed by atoms with Crippen LogP contribution in [0.25, 0.3) is 0 Å². The molecule has 0 radical (unpaired) electrons. The van der Waals surface area contributed by atoms with Gasteiger partial charge in [-0.2, -0.15) is 0 Å². The zero-order valence-corrected chi connectivity index (χ0v) is 9.50. The van der Waals surface area contributed by atoms with E-state index >= 15 is 0 Å². The Morgan fingerprint density at radius 1 is 1.29 bits per heavy atom. The van der Waals surface area contributed by atoms with E-state index in [2.05, 4.69) is 4.72 Å². The topological polar surface area (TPSA) is 64.6 Å². The average molecular weight is 223 g/mol. The first-order valence-corrected chi connectivity index (χ1v) is 6.12. The Morgan fingerprint density at radius 3 is 2.14 bits per heavy atom. The standard InChI is InChI=1S/C8H17NO4S/c1-6(8(12-2)13-3)9-14(10,11)7-4-5-7/h6-9H,4-5H2,1-3H3. The SMILES string of the molecule is COC(OC)C(C)NS(=O)(=O)C1CC1. The van der Waals surface area contributed by atoms with Gasteiger partial charge in [0, 0.05) is 14.2 Å². The lowest BCUT2D eigenvalue weighted by atomic mass is 10.3. The van der Waals surface area contributed by atoms with Gasteiger partial charge in [0.1, 0.15) is 0 Å². The second-order valence-electron chi connectivity index (χ2n) is 3.49. The summed E-state index contributed by atoms with van der Waals surface area (Å²) in [5, 5.41) is -0.209. The maximum atomic E-state index is 11.5. The second-order valence-corrected chi connectivity index (χ2v) is 5.48. The molecule has 1 unspecified atom stereocenters. The zero-order chi connectivity index (χ0) is 10.8. The van der Waals surface area contributed by atoms with E-state index in [0.717, 1.165) is 12.8 Å². The van der Waals surface area contributed by atoms with Gasteiger partial charge in [-0.3, -0.25) is 0 Å². The van der Waals surface area contributed by atoms with Crippen molar-refractivity contribution >= 4 is 10.0 Å². The highest BCUT2D eigenvalue weighted by Crippen LogP contribution is 2.27. The molecule has 0 spiro atoms. The van der Waals surface area contributed by atoms with Crippen molar-refractivity contribution in [2.75, 3.05) is 14.2 Å². The Kier molecular flexibility index (Phi) is 3.88. The quantitative estimate of drug-likeness (QED) is 0.647. The normalized spacial score (nSPS) is 20.0. The van der Waals surface area contributed by atoms with E-state index in [9.17, 15) is 8.42 Å². The first-order valence-electron chi connectivity index (χ1n) is 4.58. The highest BCUT2D eigenvalue weighted by molar-refractivity contribution is 7.90. The van der Waals surface area contributed by atoms with Gasteiger partial charge < -0.3 is 9.47 Å². The molecule has 6 heteroatoms. The van der Waals surface area contributed by atoms with Crippen molar-refractivity contribution in [1.29, 1.82) is 0 Å². The van der Waals surface area contributed by atoms with Crippen LogP contribution in [0.2, 0.25) is 0 Å². The van der Waals surface area contributed by atoms with Gasteiger partial charge in [0.05, 0.1) is 11.3 Å². The van der Waals surface area contributed by atoms with E-state index in [1.807, 2.05) is 0 Å². The summed E-state index contributed by atoms with van der Waals surface area (Å²) < 4.78 is 35.5. The van der Waals surface area contributed by atoms with E-state index in [0.29, 0.717) is 0 Å². The highest BCUT2D eigenvalue weighted by atomic mass is 32.2. The van der Waals surface area contributed by atoms with Crippen molar-refractivity contribution in [3.8, 4) is 0 Å². The van der Waals surface area contributed by atoms with Crippen LogP contribution in [0, 0.1) is 0 Å². The molecule has 5 nitrogen and oxygen atoms in total. The number of hydrogen-bond acceptors (Lipinski definition) is 4. The lowest BCUT2D eigenvalue weighted by molar-refractivity contribution is -0.115. The molecule has 0 aromatic rings. The maximum absolute atomic E-state index is 11.5. The highest BCUT2D eigenvalue weighted by Gasteiger charge is 2.37. The Morgan fingerprint density at radius 2 is 1.79 bits per heavy atom. The molecule has 0 heterocycles. The van der Waals surface area contributed by atoms with Crippen molar-refractivity contribution in [3.05, 3.63) is 0 Å². The van der Waals surface area contributed by atoms with Crippen molar-refractivity contribution < 1.29 is 17.9 Å². The van der Waals surface area contributed by atoms with Crippen LogP contribution in [-0.4, -0.2) is 40.2 Å². The van der Waals surface area contributed by atoms with Crippen LogP contribution in [0.4, 0.5) is 0 Å². The number of sulfonamides is 1. The van der Waals surface area contributed by atoms with Gasteiger partial charge in [-0.25, -0.2) is 13.1 Å². The van der Waals surface area contributed by atoms with Gasteiger partial charge in [0.2, 0.25) is 10.0 Å². The molecule has 14 heavy (non-hydrogen) atoms. The third kappa shape index (κ3) is 2.91. The molecule has 0 bridgehead atoms. The zero-order valence-electron chi connectivity index (χ0n) is 8.69. The van der Waals surface area contributed by atoms with Crippen LogP contribution in [0.15, 0.2) is 0 Å². The molecule has 84 valence electrons. The van der Waals surface area contributed by atoms with Gasteiger partial charge in [-0.05, 0) is 19.8 Å². The Balaban J connectivity index is 2.50. The first kappa shape index (κ1) is 11.9. The molecule has 0 aromatic carbocycles. The summed E-state index contributed by atoms with van der Waals surface area (Å²) in [5.41, 5.74) is 0. The molecule has 0 aromatic heterocycles. The largest absolute Gasteiger partial charge is 0.354 e. The van der Waals surface area contributed by atoms with Crippen LogP contribution in [0.3, 0.4) is 0 Å². The Bertz CT molecular complexity index is 269. The third-order valence-electron chi connectivity index (χ3n) is 2.19. The summed E-state index contributed by atoms with van der Waals surface area (Å²) in [6.45, 7) is 1.72. The van der Waals surface area contributed by atoms with Crippen molar-refractivity contribution in [1.82, 2.24) is 4.72 Å². The minimum absolute atomic E-state index is 0.209. The van der Waals surface area contributed by atoms with Crippen molar-refractivity contribution in [2.45, 2.75) is 37.3 Å². The van der Waals surface area contributed by atoms with Gasteiger partial charge in [0.25, 0.3) is 0 Å². The van der Waals surface area contributed by atoms with E-state index in [-0.39, 0.29) is 11.3 Å². The first-order chi connectivity index (χ1) is 6.51. The van der Waals surface area contributed by atoms with E-state index in [1.54, 1.807) is 6.92 Å². The number of ether oxygens (including phenoxy) is 2. The molecule has 1 aliphatic rings. The van der Waals surface area contributed by atoms with Gasteiger partial charge in [-0.15, -0.1) is 0 Å². The van der Waals surface area contributed by atoms with Gasteiger partial charge in [-0.1, -0.05) is 0 Å². The predicted octanol–water partition coefficient (Wildman–Crippen LogP) is 0.0756. The summed E-state index contributed by atoms with van der Waals surface area (Å²) in [7, 11) is -0.197. The van der Waals surface area contributed by atoms with Crippen LogP contribution in [0.1, 0.15) is 19.8 Å². The Labute approximate surface area is 84.8 Å². The van der Waals surface area contributed by atoms with Crippen molar-refractivity contribution in [2.24, 2.45) is 0 Å². The molecule has 1 N–H and O–H groups in total. The molecular formula is C8H17NO4S. The predicted molar refractivity (Wildman–Crippen MR) is 52.3 cm³/mol. The fourth-order valence-corrected chi connectivity index (χ4v) is 2.87. The second kappa shape index (κ2) is 4.57. The lowest BCUT2D eigenvalue weighted by Crippen LogP contribution is -2.44. The summed E-state index contributed by atoms with van der Waals surface area (Å²) in [6.07, 6.45) is 0.975. The number of hydrogen-bond donors (Lipinski definition) is 1. The fourth-order valence-electron chi connectivity index (χ4n) is 1.29. The third-order valence-corrected chi connectivity index (χ3v) is 4.24. The minimum atomic E-state index is -3.16. The number of nitrogens with one attached hydrogen (secondary N) is 1. The van der Waals surface area contributed by atoms with Gasteiger partial charge >= 0.3 is 0 Å². The number of rotatable bonds is 6. The van der Waals surface area contributed by atoms with E-state index in [1.165, 1.54) is 14.2 Å². The molecule has 1 saturated carbocycles. The van der Waals surface area contributed by atoms with E-state index in [4.69, 9.17) is 9.47 Å². The minimum Gasteiger partial charge on any atom is -0.354 e. The van der Waals surface area contributed by atoms with Crippen LogP contribution in [0.5, 0.6) is 0 Å².